The highest BCUT2D eigenvalue weighted by Crippen LogP contribution is 2.28. The smallest absolute Gasteiger partial charge is 0.0346 e. The van der Waals surface area contributed by atoms with Crippen LogP contribution in [0, 0.1) is 0 Å². The van der Waals surface area contributed by atoms with E-state index in [-0.39, 0.29) is 12.4 Å². The lowest BCUT2D eigenvalue weighted by Gasteiger charge is -1.99. The highest BCUT2D eigenvalue weighted by atomic mass is 79.9. The molecule has 0 fully saturated rings. The maximum absolute atomic E-state index is 3.51. The van der Waals surface area contributed by atoms with Gasteiger partial charge in [0.25, 0.3) is 0 Å². The quantitative estimate of drug-likeness (QED) is 0.908. The summed E-state index contributed by atoms with van der Waals surface area (Å²) < 4.78 is 2.54. The molecular weight excluding hydrogens is 294 g/mol. The molecule has 0 radical (unpaired) electrons. The van der Waals surface area contributed by atoms with Gasteiger partial charge in [-0.1, -0.05) is 15.9 Å². The molecule has 0 saturated heterocycles. The number of benzene rings is 1. The molecule has 0 saturated carbocycles. The van der Waals surface area contributed by atoms with Crippen LogP contribution >= 0.6 is 39.7 Å². The van der Waals surface area contributed by atoms with Gasteiger partial charge in [-0.05, 0) is 54.5 Å². The summed E-state index contributed by atoms with van der Waals surface area (Å²) in [5, 5.41) is 6.83. The SMILES string of the molecule is CNCCc1csc2ccc(Br)cc12.Cl. The largest absolute Gasteiger partial charge is 0.319 e. The summed E-state index contributed by atoms with van der Waals surface area (Å²) in [5.74, 6) is 0. The third kappa shape index (κ3) is 2.94. The first-order chi connectivity index (χ1) is 6.81. The first kappa shape index (κ1) is 13.0. The molecule has 0 spiro atoms. The van der Waals surface area contributed by atoms with E-state index < -0.39 is 0 Å². The summed E-state index contributed by atoms with van der Waals surface area (Å²) >= 11 is 5.33. The molecule has 2 aromatic rings. The standard InChI is InChI=1S/C11H12BrNS.ClH/c1-13-5-4-8-7-14-11-3-2-9(12)6-10(8)11;/h2-3,6-7,13H,4-5H2,1H3;1H. The van der Waals surface area contributed by atoms with Gasteiger partial charge >= 0.3 is 0 Å². The molecule has 1 nitrogen and oxygen atoms in total. The van der Waals surface area contributed by atoms with Gasteiger partial charge in [0.1, 0.15) is 0 Å². The summed E-state index contributed by atoms with van der Waals surface area (Å²) in [5.41, 5.74) is 1.45. The minimum atomic E-state index is 0. The van der Waals surface area contributed by atoms with Crippen molar-refractivity contribution in [1.82, 2.24) is 5.32 Å². The van der Waals surface area contributed by atoms with Crippen molar-refractivity contribution in [3.05, 3.63) is 33.6 Å². The third-order valence-corrected chi connectivity index (χ3v) is 3.77. The fourth-order valence-electron chi connectivity index (χ4n) is 1.51. The van der Waals surface area contributed by atoms with Gasteiger partial charge in [-0.2, -0.15) is 0 Å². The van der Waals surface area contributed by atoms with E-state index in [1.54, 1.807) is 0 Å². The predicted octanol–water partition coefficient (Wildman–Crippen LogP) is 3.85. The van der Waals surface area contributed by atoms with Gasteiger partial charge in [0, 0.05) is 9.17 Å². The van der Waals surface area contributed by atoms with Crippen LogP contribution in [0.1, 0.15) is 5.56 Å². The van der Waals surface area contributed by atoms with Gasteiger partial charge in [-0.15, -0.1) is 23.7 Å². The number of fused-ring (bicyclic) bond motifs is 1. The number of nitrogens with one attached hydrogen (secondary N) is 1. The summed E-state index contributed by atoms with van der Waals surface area (Å²) in [4.78, 5) is 0. The Bertz CT molecular complexity index is 441. The molecule has 2 rings (SSSR count). The molecule has 1 aromatic heterocycles. The van der Waals surface area contributed by atoms with Crippen molar-refractivity contribution in [3.8, 4) is 0 Å². The number of rotatable bonds is 3. The predicted molar refractivity (Wildman–Crippen MR) is 74.4 cm³/mol. The lowest BCUT2D eigenvalue weighted by atomic mass is 10.1. The van der Waals surface area contributed by atoms with Gasteiger partial charge in [-0.25, -0.2) is 0 Å². The van der Waals surface area contributed by atoms with Crippen molar-refractivity contribution >= 4 is 49.8 Å². The van der Waals surface area contributed by atoms with E-state index in [1.165, 1.54) is 15.6 Å². The van der Waals surface area contributed by atoms with Crippen LogP contribution in [-0.4, -0.2) is 13.6 Å². The zero-order chi connectivity index (χ0) is 9.97. The van der Waals surface area contributed by atoms with Gasteiger partial charge in [0.15, 0.2) is 0 Å². The van der Waals surface area contributed by atoms with Gasteiger partial charge < -0.3 is 5.32 Å². The van der Waals surface area contributed by atoms with E-state index in [0.29, 0.717) is 0 Å². The van der Waals surface area contributed by atoms with Crippen molar-refractivity contribution in [1.29, 1.82) is 0 Å². The van der Waals surface area contributed by atoms with E-state index in [2.05, 4.69) is 44.8 Å². The fourth-order valence-corrected chi connectivity index (χ4v) is 2.85. The van der Waals surface area contributed by atoms with E-state index in [1.807, 2.05) is 18.4 Å². The van der Waals surface area contributed by atoms with Crippen LogP contribution in [0.4, 0.5) is 0 Å². The Morgan fingerprint density at radius 1 is 1.40 bits per heavy atom. The summed E-state index contributed by atoms with van der Waals surface area (Å²) in [7, 11) is 1.99. The number of halogens is 2. The Hall–Kier alpha value is -0.0900. The highest BCUT2D eigenvalue weighted by molar-refractivity contribution is 9.10. The Labute approximate surface area is 108 Å². The van der Waals surface area contributed by atoms with Gasteiger partial charge in [0.05, 0.1) is 0 Å². The highest BCUT2D eigenvalue weighted by Gasteiger charge is 2.03. The van der Waals surface area contributed by atoms with Crippen molar-refractivity contribution in [2.24, 2.45) is 0 Å². The molecule has 0 amide bonds. The first-order valence-corrected chi connectivity index (χ1v) is 6.29. The molecule has 4 heteroatoms. The molecule has 0 aliphatic rings. The molecule has 1 N–H and O–H groups in total. The van der Waals surface area contributed by atoms with Gasteiger partial charge in [-0.3, -0.25) is 0 Å². The normalized spacial score (nSPS) is 10.3. The molecule has 82 valence electrons. The average Bonchev–Trinajstić information content (AvgIpc) is 2.57. The Balaban J connectivity index is 0.00000112. The second-order valence-electron chi connectivity index (χ2n) is 3.25. The van der Waals surface area contributed by atoms with Crippen molar-refractivity contribution in [2.45, 2.75) is 6.42 Å². The molecule has 0 bridgehead atoms. The maximum atomic E-state index is 3.51. The monoisotopic (exact) mass is 305 g/mol. The van der Waals surface area contributed by atoms with Gasteiger partial charge in [0.2, 0.25) is 0 Å². The van der Waals surface area contributed by atoms with E-state index in [4.69, 9.17) is 0 Å². The molecule has 0 unspecified atom stereocenters. The molecule has 15 heavy (non-hydrogen) atoms. The van der Waals surface area contributed by atoms with Crippen LogP contribution in [-0.2, 0) is 6.42 Å². The van der Waals surface area contributed by atoms with Crippen LogP contribution < -0.4 is 5.32 Å². The third-order valence-electron chi connectivity index (χ3n) is 2.26. The van der Waals surface area contributed by atoms with Crippen LogP contribution in [0.3, 0.4) is 0 Å². The van der Waals surface area contributed by atoms with E-state index in [0.717, 1.165) is 17.4 Å². The minimum absolute atomic E-state index is 0. The number of hydrogen-bond acceptors (Lipinski definition) is 2. The Kier molecular flexibility index (Phi) is 5.06. The second kappa shape index (κ2) is 5.85. The van der Waals surface area contributed by atoms with E-state index in [9.17, 15) is 0 Å². The molecule has 1 heterocycles. The van der Waals surface area contributed by atoms with Crippen LogP contribution in [0.2, 0.25) is 0 Å². The lowest BCUT2D eigenvalue weighted by molar-refractivity contribution is 0.796. The average molecular weight is 307 g/mol. The van der Waals surface area contributed by atoms with Crippen molar-refractivity contribution in [2.75, 3.05) is 13.6 Å². The van der Waals surface area contributed by atoms with Crippen molar-refractivity contribution < 1.29 is 0 Å². The Morgan fingerprint density at radius 2 is 2.20 bits per heavy atom. The number of likely N-dealkylation sites (N-methyl/N-ethyl adjacent to an activating group) is 1. The second-order valence-corrected chi connectivity index (χ2v) is 5.08. The zero-order valence-electron chi connectivity index (χ0n) is 8.42. The molecule has 0 aliphatic heterocycles. The van der Waals surface area contributed by atoms with E-state index >= 15 is 0 Å². The van der Waals surface area contributed by atoms with Crippen molar-refractivity contribution in [3.63, 3.8) is 0 Å². The Morgan fingerprint density at radius 3 is 2.93 bits per heavy atom. The zero-order valence-corrected chi connectivity index (χ0v) is 11.6. The van der Waals surface area contributed by atoms with Crippen LogP contribution in [0.25, 0.3) is 10.1 Å². The molecule has 0 atom stereocenters. The fraction of sp³-hybridized carbons (Fsp3) is 0.273. The maximum Gasteiger partial charge on any atom is 0.0346 e. The van der Waals surface area contributed by atoms with Crippen LogP contribution in [0.5, 0.6) is 0 Å². The summed E-state index contributed by atoms with van der Waals surface area (Å²) in [6.07, 6.45) is 1.10. The summed E-state index contributed by atoms with van der Waals surface area (Å²) in [6.45, 7) is 1.04. The lowest BCUT2D eigenvalue weighted by Crippen LogP contribution is -2.09. The molecular formula is C11H13BrClNS. The minimum Gasteiger partial charge on any atom is -0.319 e. The first-order valence-electron chi connectivity index (χ1n) is 4.61. The summed E-state index contributed by atoms with van der Waals surface area (Å²) in [6, 6.07) is 6.48. The topological polar surface area (TPSA) is 12.0 Å². The van der Waals surface area contributed by atoms with Crippen LogP contribution in [0.15, 0.2) is 28.1 Å². The number of hydrogen-bond donors (Lipinski definition) is 1. The molecule has 1 aromatic carbocycles. The molecule has 0 aliphatic carbocycles. The number of thiophene rings is 1.